The van der Waals surface area contributed by atoms with Gasteiger partial charge < -0.3 is 10.0 Å². The van der Waals surface area contributed by atoms with Crippen molar-refractivity contribution in [1.29, 1.82) is 0 Å². The molecular weight excluding hydrogens is 214 g/mol. The third-order valence-electron chi connectivity index (χ3n) is 4.04. The number of carbonyl (C=O) groups is 1. The van der Waals surface area contributed by atoms with Crippen LogP contribution >= 0.6 is 0 Å². The molecule has 1 N–H and O–H groups in total. The van der Waals surface area contributed by atoms with E-state index in [0.29, 0.717) is 12.0 Å². The Morgan fingerprint density at radius 1 is 1.41 bits per heavy atom. The minimum absolute atomic E-state index is 0.264. The fraction of sp³-hybridized carbons (Fsp3) is 0.929. The van der Waals surface area contributed by atoms with Crippen LogP contribution in [0, 0.1) is 17.3 Å². The predicted octanol–water partition coefficient (Wildman–Crippen LogP) is 2.86. The zero-order valence-electron chi connectivity index (χ0n) is 11.7. The van der Waals surface area contributed by atoms with Gasteiger partial charge >= 0.3 is 5.97 Å². The van der Waals surface area contributed by atoms with Crippen LogP contribution in [-0.4, -0.2) is 36.1 Å². The van der Waals surface area contributed by atoms with Gasteiger partial charge in [0.15, 0.2) is 0 Å². The first-order valence-electron chi connectivity index (χ1n) is 6.71. The van der Waals surface area contributed by atoms with E-state index < -0.39 is 5.97 Å². The average molecular weight is 241 g/mol. The number of nitrogens with zero attached hydrogens (tertiary/aromatic N) is 1. The molecule has 0 aromatic heterocycles. The molecule has 3 heteroatoms. The van der Waals surface area contributed by atoms with Crippen LogP contribution in [0.15, 0.2) is 0 Å². The van der Waals surface area contributed by atoms with Crippen LogP contribution in [0.2, 0.25) is 0 Å². The molecule has 1 fully saturated rings. The van der Waals surface area contributed by atoms with Gasteiger partial charge in [0.2, 0.25) is 0 Å². The van der Waals surface area contributed by atoms with E-state index in [-0.39, 0.29) is 5.92 Å². The Bertz CT molecular complexity index is 253. The maximum Gasteiger partial charge on any atom is 0.307 e. The van der Waals surface area contributed by atoms with Crippen LogP contribution in [0.5, 0.6) is 0 Å². The summed E-state index contributed by atoms with van der Waals surface area (Å²) in [5, 5.41) is 8.88. The quantitative estimate of drug-likeness (QED) is 0.804. The van der Waals surface area contributed by atoms with Crippen molar-refractivity contribution >= 4 is 5.97 Å². The molecule has 0 aromatic carbocycles. The number of rotatable bonds is 5. The van der Waals surface area contributed by atoms with Gasteiger partial charge in [-0.1, -0.05) is 20.8 Å². The molecule has 1 saturated carbocycles. The Hall–Kier alpha value is -0.570. The second-order valence-corrected chi connectivity index (χ2v) is 6.57. The van der Waals surface area contributed by atoms with Crippen LogP contribution in [0.4, 0.5) is 0 Å². The largest absolute Gasteiger partial charge is 0.481 e. The van der Waals surface area contributed by atoms with Crippen LogP contribution in [0.1, 0.15) is 46.5 Å². The highest BCUT2D eigenvalue weighted by Crippen LogP contribution is 2.38. The molecule has 0 aliphatic heterocycles. The summed E-state index contributed by atoms with van der Waals surface area (Å²) in [6.07, 6.45) is 5.19. The maximum absolute atomic E-state index is 10.8. The zero-order valence-corrected chi connectivity index (χ0v) is 11.7. The van der Waals surface area contributed by atoms with Gasteiger partial charge in [-0.2, -0.15) is 0 Å². The van der Waals surface area contributed by atoms with Gasteiger partial charge in [-0.25, -0.2) is 0 Å². The topological polar surface area (TPSA) is 40.5 Å². The summed E-state index contributed by atoms with van der Waals surface area (Å²) in [6, 6.07) is 0. The minimum Gasteiger partial charge on any atom is -0.481 e. The second kappa shape index (κ2) is 5.85. The van der Waals surface area contributed by atoms with E-state index >= 15 is 0 Å². The van der Waals surface area contributed by atoms with Crippen molar-refractivity contribution in [2.45, 2.75) is 46.5 Å². The number of carboxylic acids is 1. The molecule has 1 aliphatic rings. The molecule has 0 amide bonds. The first-order chi connectivity index (χ1) is 7.80. The lowest BCUT2D eigenvalue weighted by atomic mass is 9.73. The fourth-order valence-electron chi connectivity index (χ4n) is 2.70. The van der Waals surface area contributed by atoms with Crippen LogP contribution < -0.4 is 0 Å². The molecule has 1 aliphatic carbocycles. The minimum atomic E-state index is -0.693. The van der Waals surface area contributed by atoms with E-state index in [2.05, 4.69) is 18.7 Å². The van der Waals surface area contributed by atoms with Crippen molar-refractivity contribution in [2.75, 3.05) is 20.1 Å². The molecule has 0 saturated heterocycles. The molecular formula is C14H27NO2. The van der Waals surface area contributed by atoms with Gasteiger partial charge in [0.1, 0.15) is 0 Å². The van der Waals surface area contributed by atoms with E-state index in [4.69, 9.17) is 5.11 Å². The first kappa shape index (κ1) is 14.5. The van der Waals surface area contributed by atoms with Crippen molar-refractivity contribution < 1.29 is 9.90 Å². The molecule has 0 radical (unpaired) electrons. The van der Waals surface area contributed by atoms with E-state index in [1.165, 1.54) is 25.7 Å². The Labute approximate surface area is 105 Å². The van der Waals surface area contributed by atoms with Gasteiger partial charge in [0.25, 0.3) is 0 Å². The summed E-state index contributed by atoms with van der Waals surface area (Å²) in [6.45, 7) is 8.19. The second-order valence-electron chi connectivity index (χ2n) is 6.57. The number of hydrogen-bond acceptors (Lipinski definition) is 2. The summed E-state index contributed by atoms with van der Waals surface area (Å²) in [7, 11) is 2.04. The molecule has 1 atom stereocenters. The van der Waals surface area contributed by atoms with Crippen molar-refractivity contribution in [2.24, 2.45) is 17.3 Å². The van der Waals surface area contributed by atoms with Crippen molar-refractivity contribution in [3.8, 4) is 0 Å². The van der Waals surface area contributed by atoms with E-state index in [1.54, 1.807) is 6.92 Å². The molecule has 0 spiro atoms. The van der Waals surface area contributed by atoms with E-state index in [1.807, 2.05) is 7.05 Å². The normalized spacial score (nSPS) is 22.6. The molecule has 0 bridgehead atoms. The molecule has 0 aromatic rings. The maximum atomic E-state index is 10.8. The summed E-state index contributed by atoms with van der Waals surface area (Å²) in [5.74, 6) is -0.198. The van der Waals surface area contributed by atoms with Gasteiger partial charge in [0, 0.05) is 13.1 Å². The Morgan fingerprint density at radius 2 is 1.94 bits per heavy atom. The smallest absolute Gasteiger partial charge is 0.307 e. The molecule has 0 heterocycles. The SMILES string of the molecule is CC(CN(C)CC1CCC(C)(C)CC1)C(=O)O. The lowest BCUT2D eigenvalue weighted by Gasteiger charge is -2.36. The van der Waals surface area contributed by atoms with Gasteiger partial charge in [0.05, 0.1) is 5.92 Å². The third kappa shape index (κ3) is 5.07. The van der Waals surface area contributed by atoms with Gasteiger partial charge in [-0.15, -0.1) is 0 Å². The summed E-state index contributed by atoms with van der Waals surface area (Å²) in [4.78, 5) is 13.0. The first-order valence-corrected chi connectivity index (χ1v) is 6.71. The molecule has 1 rings (SSSR count). The number of aliphatic carboxylic acids is 1. The molecule has 17 heavy (non-hydrogen) atoms. The highest BCUT2D eigenvalue weighted by molar-refractivity contribution is 5.69. The fourth-order valence-corrected chi connectivity index (χ4v) is 2.70. The zero-order chi connectivity index (χ0) is 13.1. The Kier molecular flexibility index (Phi) is 4.99. The van der Waals surface area contributed by atoms with Gasteiger partial charge in [-0.05, 0) is 44.1 Å². The van der Waals surface area contributed by atoms with Crippen molar-refractivity contribution in [1.82, 2.24) is 4.90 Å². The summed E-state index contributed by atoms with van der Waals surface area (Å²) in [5.41, 5.74) is 0.517. The van der Waals surface area contributed by atoms with E-state index in [0.717, 1.165) is 12.5 Å². The molecule has 3 nitrogen and oxygen atoms in total. The standard InChI is InChI=1S/C14H27NO2/c1-11(13(16)17)9-15(4)10-12-5-7-14(2,3)8-6-12/h11-12H,5-10H2,1-4H3,(H,16,17). The number of hydrogen-bond donors (Lipinski definition) is 1. The predicted molar refractivity (Wildman–Crippen MR) is 70.0 cm³/mol. The van der Waals surface area contributed by atoms with Crippen LogP contribution in [0.3, 0.4) is 0 Å². The molecule has 100 valence electrons. The summed E-state index contributed by atoms with van der Waals surface area (Å²) < 4.78 is 0. The monoisotopic (exact) mass is 241 g/mol. The highest BCUT2D eigenvalue weighted by atomic mass is 16.4. The lowest BCUT2D eigenvalue weighted by molar-refractivity contribution is -0.141. The van der Waals surface area contributed by atoms with Gasteiger partial charge in [-0.3, -0.25) is 4.79 Å². The molecule has 1 unspecified atom stereocenters. The highest BCUT2D eigenvalue weighted by Gasteiger charge is 2.27. The lowest BCUT2D eigenvalue weighted by Crippen LogP contribution is -2.34. The summed E-state index contributed by atoms with van der Waals surface area (Å²) >= 11 is 0. The Morgan fingerprint density at radius 3 is 2.41 bits per heavy atom. The van der Waals surface area contributed by atoms with E-state index in [9.17, 15) is 4.79 Å². The average Bonchev–Trinajstić information content (AvgIpc) is 2.21. The third-order valence-corrected chi connectivity index (χ3v) is 4.04. The van der Waals surface area contributed by atoms with Crippen molar-refractivity contribution in [3.63, 3.8) is 0 Å². The van der Waals surface area contributed by atoms with Crippen LogP contribution in [-0.2, 0) is 4.79 Å². The number of carboxylic acid groups (broad SMARTS) is 1. The van der Waals surface area contributed by atoms with Crippen molar-refractivity contribution in [3.05, 3.63) is 0 Å². The Balaban J connectivity index is 2.28. The van der Waals surface area contributed by atoms with Crippen LogP contribution in [0.25, 0.3) is 0 Å².